The van der Waals surface area contributed by atoms with Gasteiger partial charge < -0.3 is 15.4 Å². The average Bonchev–Trinajstić information content (AvgIpc) is 2.84. The molecule has 0 bridgehead atoms. The van der Waals surface area contributed by atoms with Gasteiger partial charge in [0.05, 0.1) is 6.10 Å². The Hall–Kier alpha value is -1.54. The van der Waals surface area contributed by atoms with E-state index in [0.29, 0.717) is 12.5 Å². The molecule has 18 heavy (non-hydrogen) atoms. The smallest absolute Gasteiger partial charge is 0.263 e. The first-order valence-corrected chi connectivity index (χ1v) is 6.37. The molecule has 0 aromatic carbocycles. The molecule has 2 N–H and O–H groups in total. The number of hydrogen-bond acceptors (Lipinski definition) is 4. The van der Waals surface area contributed by atoms with Gasteiger partial charge in [0.2, 0.25) is 0 Å². The number of rotatable bonds is 6. The minimum absolute atomic E-state index is 0.0949. The largest absolute Gasteiger partial charge is 0.389 e. The molecule has 100 valence electrons. The predicted octanol–water partition coefficient (Wildman–Crippen LogP) is 0.935. The first kappa shape index (κ1) is 14.5. The van der Waals surface area contributed by atoms with Gasteiger partial charge in [-0.1, -0.05) is 13.8 Å². The summed E-state index contributed by atoms with van der Waals surface area (Å²) in [6.07, 6.45) is 3.58. The molecule has 0 saturated carbocycles. The van der Waals surface area contributed by atoms with E-state index in [9.17, 15) is 4.79 Å². The summed E-state index contributed by atoms with van der Waals surface area (Å²) in [6.45, 7) is 6.10. The first-order valence-electron chi connectivity index (χ1n) is 6.37. The molecule has 1 atom stereocenters. The van der Waals surface area contributed by atoms with Gasteiger partial charge in [-0.05, 0) is 18.8 Å². The van der Waals surface area contributed by atoms with E-state index in [4.69, 9.17) is 10.00 Å². The second kappa shape index (κ2) is 7.72. The second-order valence-corrected chi connectivity index (χ2v) is 4.82. The number of ether oxygens (including phenoxy) is 1. The van der Waals surface area contributed by atoms with Crippen LogP contribution in [0.15, 0.2) is 11.8 Å². The van der Waals surface area contributed by atoms with Crippen molar-refractivity contribution < 1.29 is 9.53 Å². The standard InChI is InChI=1S/C13H21N3O2/c1-10(2)7-15-8-11(6-14)13(17)16-9-12-4-3-5-18-12/h8,10,12,15H,3-5,7,9H2,1-2H3,(H,16,17)/b11-8-. The molecule has 1 heterocycles. The summed E-state index contributed by atoms with van der Waals surface area (Å²) in [5.41, 5.74) is 0.105. The van der Waals surface area contributed by atoms with Crippen molar-refractivity contribution in [1.29, 1.82) is 5.26 Å². The van der Waals surface area contributed by atoms with Crippen LogP contribution in [0.2, 0.25) is 0 Å². The molecule has 1 fully saturated rings. The molecule has 1 aliphatic rings. The lowest BCUT2D eigenvalue weighted by molar-refractivity contribution is -0.117. The van der Waals surface area contributed by atoms with Crippen LogP contribution in [0.3, 0.4) is 0 Å². The monoisotopic (exact) mass is 251 g/mol. The van der Waals surface area contributed by atoms with E-state index in [2.05, 4.69) is 24.5 Å². The van der Waals surface area contributed by atoms with Crippen LogP contribution in [0.1, 0.15) is 26.7 Å². The molecule has 5 heteroatoms. The second-order valence-electron chi connectivity index (χ2n) is 4.82. The lowest BCUT2D eigenvalue weighted by atomic mass is 10.2. The summed E-state index contributed by atoms with van der Waals surface area (Å²) in [6, 6.07) is 1.90. The lowest BCUT2D eigenvalue weighted by Gasteiger charge is -2.10. The maximum absolute atomic E-state index is 11.7. The van der Waals surface area contributed by atoms with Crippen LogP contribution < -0.4 is 10.6 Å². The number of nitrogens with zero attached hydrogens (tertiary/aromatic N) is 1. The van der Waals surface area contributed by atoms with Crippen LogP contribution in [0.5, 0.6) is 0 Å². The summed E-state index contributed by atoms with van der Waals surface area (Å²) in [5, 5.41) is 14.6. The highest BCUT2D eigenvalue weighted by Crippen LogP contribution is 2.10. The number of hydrogen-bond donors (Lipinski definition) is 2. The number of nitrogens with one attached hydrogen (secondary N) is 2. The SMILES string of the molecule is CC(C)CN/C=C(/C#N)C(=O)NCC1CCCO1. The van der Waals surface area contributed by atoms with Gasteiger partial charge in [-0.15, -0.1) is 0 Å². The van der Waals surface area contributed by atoms with E-state index < -0.39 is 0 Å². The molecule has 1 unspecified atom stereocenters. The number of carbonyl (C=O) groups excluding carboxylic acids is 1. The average molecular weight is 251 g/mol. The maximum Gasteiger partial charge on any atom is 0.263 e. The van der Waals surface area contributed by atoms with Crippen LogP contribution >= 0.6 is 0 Å². The Morgan fingerprint density at radius 3 is 2.94 bits per heavy atom. The van der Waals surface area contributed by atoms with Gasteiger partial charge in [-0.3, -0.25) is 4.79 Å². The zero-order valence-electron chi connectivity index (χ0n) is 11.0. The molecular formula is C13H21N3O2. The Kier molecular flexibility index (Phi) is 6.23. The fourth-order valence-electron chi connectivity index (χ4n) is 1.65. The van der Waals surface area contributed by atoms with E-state index in [0.717, 1.165) is 26.0 Å². The topological polar surface area (TPSA) is 74.2 Å². The molecular weight excluding hydrogens is 230 g/mol. The van der Waals surface area contributed by atoms with Crippen LogP contribution in [-0.4, -0.2) is 31.7 Å². The van der Waals surface area contributed by atoms with E-state index in [-0.39, 0.29) is 17.6 Å². The predicted molar refractivity (Wildman–Crippen MR) is 68.5 cm³/mol. The molecule has 0 aliphatic carbocycles. The Labute approximate surface area is 108 Å². The number of amides is 1. The highest BCUT2D eigenvalue weighted by Gasteiger charge is 2.17. The van der Waals surface area contributed by atoms with E-state index in [1.165, 1.54) is 6.20 Å². The normalized spacial score (nSPS) is 19.7. The van der Waals surface area contributed by atoms with Crippen LogP contribution in [-0.2, 0) is 9.53 Å². The first-order chi connectivity index (χ1) is 8.63. The van der Waals surface area contributed by atoms with E-state index in [1.807, 2.05) is 6.07 Å². The molecule has 1 saturated heterocycles. The van der Waals surface area contributed by atoms with Gasteiger partial charge in [-0.2, -0.15) is 5.26 Å². The van der Waals surface area contributed by atoms with Gasteiger partial charge in [0.1, 0.15) is 11.6 Å². The Morgan fingerprint density at radius 1 is 1.61 bits per heavy atom. The molecule has 0 aromatic heterocycles. The zero-order valence-corrected chi connectivity index (χ0v) is 11.0. The van der Waals surface area contributed by atoms with Crippen molar-refractivity contribution in [1.82, 2.24) is 10.6 Å². The molecule has 1 rings (SSSR count). The summed E-state index contributed by atoms with van der Waals surface area (Å²) in [4.78, 5) is 11.7. The van der Waals surface area contributed by atoms with E-state index in [1.54, 1.807) is 0 Å². The van der Waals surface area contributed by atoms with Crippen molar-refractivity contribution in [3.05, 3.63) is 11.8 Å². The summed E-state index contributed by atoms with van der Waals surface area (Å²) >= 11 is 0. The third-order valence-corrected chi connectivity index (χ3v) is 2.65. The Bertz CT molecular complexity index is 339. The molecule has 1 amide bonds. The fourth-order valence-corrected chi connectivity index (χ4v) is 1.65. The Morgan fingerprint density at radius 2 is 2.39 bits per heavy atom. The van der Waals surface area contributed by atoms with Crippen molar-refractivity contribution in [2.45, 2.75) is 32.8 Å². The zero-order chi connectivity index (χ0) is 13.4. The van der Waals surface area contributed by atoms with Gasteiger partial charge in [-0.25, -0.2) is 0 Å². The third-order valence-electron chi connectivity index (χ3n) is 2.65. The van der Waals surface area contributed by atoms with Crippen molar-refractivity contribution in [3.8, 4) is 6.07 Å². The minimum Gasteiger partial charge on any atom is -0.389 e. The van der Waals surface area contributed by atoms with Gasteiger partial charge in [0.25, 0.3) is 5.91 Å². The quantitative estimate of drug-likeness (QED) is 0.544. The lowest BCUT2D eigenvalue weighted by Crippen LogP contribution is -2.33. The maximum atomic E-state index is 11.7. The number of nitriles is 1. The summed E-state index contributed by atoms with van der Waals surface area (Å²) in [5.74, 6) is 0.125. The van der Waals surface area contributed by atoms with Crippen LogP contribution in [0.25, 0.3) is 0 Å². The minimum atomic E-state index is -0.343. The van der Waals surface area contributed by atoms with Gasteiger partial charge in [0, 0.05) is 25.9 Å². The van der Waals surface area contributed by atoms with Crippen molar-refractivity contribution in [2.24, 2.45) is 5.92 Å². The van der Waals surface area contributed by atoms with Crippen molar-refractivity contribution in [3.63, 3.8) is 0 Å². The Balaban J connectivity index is 2.34. The molecule has 0 radical (unpaired) electrons. The van der Waals surface area contributed by atoms with Crippen LogP contribution in [0.4, 0.5) is 0 Å². The van der Waals surface area contributed by atoms with Gasteiger partial charge in [0.15, 0.2) is 0 Å². The summed E-state index contributed by atoms with van der Waals surface area (Å²) < 4.78 is 5.40. The molecule has 1 aliphatic heterocycles. The van der Waals surface area contributed by atoms with Gasteiger partial charge >= 0.3 is 0 Å². The highest BCUT2D eigenvalue weighted by molar-refractivity contribution is 5.97. The molecule has 5 nitrogen and oxygen atoms in total. The molecule has 0 spiro atoms. The van der Waals surface area contributed by atoms with Crippen molar-refractivity contribution in [2.75, 3.05) is 19.7 Å². The fraction of sp³-hybridized carbons (Fsp3) is 0.692. The third kappa shape index (κ3) is 5.19. The summed E-state index contributed by atoms with van der Waals surface area (Å²) in [7, 11) is 0. The van der Waals surface area contributed by atoms with Crippen LogP contribution in [0, 0.1) is 17.2 Å². The van der Waals surface area contributed by atoms with E-state index >= 15 is 0 Å². The number of carbonyl (C=O) groups is 1. The van der Waals surface area contributed by atoms with Crippen molar-refractivity contribution >= 4 is 5.91 Å². The highest BCUT2D eigenvalue weighted by atomic mass is 16.5. The molecule has 0 aromatic rings.